The monoisotopic (exact) mass is 581 g/mol. The van der Waals surface area contributed by atoms with E-state index in [1.165, 1.54) is 19.1 Å². The molecule has 0 fully saturated rings. The summed E-state index contributed by atoms with van der Waals surface area (Å²) >= 11 is 12.1. The van der Waals surface area contributed by atoms with Crippen LogP contribution in [0.4, 0.5) is 18.9 Å². The van der Waals surface area contributed by atoms with Crippen molar-refractivity contribution in [1.82, 2.24) is 10.2 Å². The Kier molecular flexibility index (Phi) is 9.54. The number of anilines is 1. The van der Waals surface area contributed by atoms with Crippen molar-refractivity contribution in [3.8, 4) is 0 Å². The molecule has 0 aliphatic carbocycles. The number of halogens is 5. The summed E-state index contributed by atoms with van der Waals surface area (Å²) in [5.41, 5.74) is -1.53. The first-order chi connectivity index (χ1) is 16.8. The first-order valence-corrected chi connectivity index (χ1v) is 13.6. The number of nitrogens with zero attached hydrogens (tertiary/aromatic N) is 2. The molecule has 1 atom stereocenters. The van der Waals surface area contributed by atoms with Crippen molar-refractivity contribution >= 4 is 50.7 Å². The number of carbonyl (C=O) groups excluding carboxylic acids is 2. The minimum absolute atomic E-state index is 0.144. The zero-order chi connectivity index (χ0) is 28.3. The van der Waals surface area contributed by atoms with Crippen LogP contribution in [0.2, 0.25) is 10.0 Å². The fourth-order valence-corrected chi connectivity index (χ4v) is 4.50. The number of hydrogen-bond acceptors (Lipinski definition) is 4. The Bertz CT molecular complexity index is 1260. The molecular weight excluding hydrogens is 554 g/mol. The summed E-state index contributed by atoms with van der Waals surface area (Å²) in [7, 11) is -4.19. The summed E-state index contributed by atoms with van der Waals surface area (Å²) in [6.07, 6.45) is -3.94. The van der Waals surface area contributed by atoms with E-state index in [2.05, 4.69) is 5.32 Å². The van der Waals surface area contributed by atoms with Crippen LogP contribution in [0.25, 0.3) is 0 Å². The number of rotatable bonds is 8. The molecule has 0 spiro atoms. The van der Waals surface area contributed by atoms with Crippen molar-refractivity contribution in [1.29, 1.82) is 0 Å². The van der Waals surface area contributed by atoms with Gasteiger partial charge in [-0.3, -0.25) is 13.9 Å². The van der Waals surface area contributed by atoms with Crippen LogP contribution in [0.15, 0.2) is 42.5 Å². The zero-order valence-corrected chi connectivity index (χ0v) is 23.2. The van der Waals surface area contributed by atoms with Gasteiger partial charge in [-0.25, -0.2) is 8.42 Å². The largest absolute Gasteiger partial charge is 0.416 e. The van der Waals surface area contributed by atoms with E-state index in [9.17, 15) is 31.2 Å². The van der Waals surface area contributed by atoms with Gasteiger partial charge in [-0.2, -0.15) is 13.2 Å². The lowest BCUT2D eigenvalue weighted by Crippen LogP contribution is -2.54. The van der Waals surface area contributed by atoms with E-state index in [4.69, 9.17) is 23.2 Å². The molecule has 2 aromatic rings. The molecule has 2 amide bonds. The second kappa shape index (κ2) is 11.5. The van der Waals surface area contributed by atoms with Crippen LogP contribution in [0, 0.1) is 0 Å². The van der Waals surface area contributed by atoms with Gasteiger partial charge in [0.05, 0.1) is 27.6 Å². The molecule has 37 heavy (non-hydrogen) atoms. The predicted octanol–water partition coefficient (Wildman–Crippen LogP) is 5.11. The lowest BCUT2D eigenvalue weighted by molar-refractivity contribution is -0.140. The third kappa shape index (κ3) is 8.79. The minimum atomic E-state index is -4.72. The number of alkyl halides is 3. The Morgan fingerprint density at radius 1 is 1.03 bits per heavy atom. The first kappa shape index (κ1) is 30.7. The van der Waals surface area contributed by atoms with Gasteiger partial charge in [-0.05, 0) is 63.6 Å². The predicted molar refractivity (Wildman–Crippen MR) is 138 cm³/mol. The quantitative estimate of drug-likeness (QED) is 0.469. The molecule has 0 bridgehead atoms. The van der Waals surface area contributed by atoms with Crippen LogP contribution >= 0.6 is 23.2 Å². The van der Waals surface area contributed by atoms with Gasteiger partial charge in [0, 0.05) is 12.1 Å². The third-order valence-corrected chi connectivity index (χ3v) is 7.02. The summed E-state index contributed by atoms with van der Waals surface area (Å²) in [6.45, 7) is 5.74. The highest BCUT2D eigenvalue weighted by Gasteiger charge is 2.34. The van der Waals surface area contributed by atoms with Crippen LogP contribution in [0.1, 0.15) is 38.8 Å². The number of nitrogens with one attached hydrogen (secondary N) is 1. The van der Waals surface area contributed by atoms with E-state index in [0.717, 1.165) is 29.4 Å². The second-order valence-corrected chi connectivity index (χ2v) is 12.2. The molecule has 2 aromatic carbocycles. The second-order valence-electron chi connectivity index (χ2n) is 9.50. The van der Waals surface area contributed by atoms with Crippen molar-refractivity contribution in [2.45, 2.75) is 52.0 Å². The van der Waals surface area contributed by atoms with Crippen molar-refractivity contribution in [2.75, 3.05) is 17.1 Å². The highest BCUT2D eigenvalue weighted by Crippen LogP contribution is 2.32. The molecule has 0 radical (unpaired) electrons. The maximum Gasteiger partial charge on any atom is 0.416 e. The van der Waals surface area contributed by atoms with Crippen molar-refractivity contribution in [2.24, 2.45) is 0 Å². The molecule has 0 saturated carbocycles. The highest BCUT2D eigenvalue weighted by atomic mass is 35.5. The number of sulfonamides is 1. The Hall–Kier alpha value is -2.50. The summed E-state index contributed by atoms with van der Waals surface area (Å²) in [5, 5.41) is 3.24. The molecule has 0 aliphatic heterocycles. The van der Waals surface area contributed by atoms with Gasteiger partial charge in [0.15, 0.2) is 0 Å². The van der Waals surface area contributed by atoms with Crippen LogP contribution in [-0.4, -0.2) is 49.5 Å². The lowest BCUT2D eigenvalue weighted by Gasteiger charge is -2.33. The molecule has 0 heterocycles. The maximum absolute atomic E-state index is 13.5. The molecule has 7 nitrogen and oxygen atoms in total. The topological polar surface area (TPSA) is 86.8 Å². The van der Waals surface area contributed by atoms with Crippen LogP contribution < -0.4 is 9.62 Å². The highest BCUT2D eigenvalue weighted by molar-refractivity contribution is 7.92. The molecule has 2 rings (SSSR count). The number of amides is 2. The minimum Gasteiger partial charge on any atom is -0.350 e. The maximum atomic E-state index is 13.5. The summed E-state index contributed by atoms with van der Waals surface area (Å²) in [4.78, 5) is 27.5. The van der Waals surface area contributed by atoms with Gasteiger partial charge in [0.2, 0.25) is 21.8 Å². The van der Waals surface area contributed by atoms with E-state index in [0.29, 0.717) is 15.9 Å². The number of benzene rings is 2. The number of hydrogen-bond donors (Lipinski definition) is 1. The van der Waals surface area contributed by atoms with Crippen molar-refractivity contribution in [3.63, 3.8) is 0 Å². The molecule has 13 heteroatoms. The summed E-state index contributed by atoms with van der Waals surface area (Å²) in [6, 6.07) is 7.17. The fourth-order valence-electron chi connectivity index (χ4n) is 3.34. The average Bonchev–Trinajstić information content (AvgIpc) is 2.75. The Balaban J connectivity index is 2.48. The van der Waals surface area contributed by atoms with Crippen molar-refractivity contribution in [3.05, 3.63) is 63.6 Å². The SMILES string of the molecule is C[C@@H](C(=O)NC(C)(C)C)N(Cc1ccc(Cl)c(Cl)c1)C(=O)CN(c1cccc(C(F)(F)F)c1)S(C)(=O)=O. The van der Waals surface area contributed by atoms with Gasteiger partial charge in [-0.15, -0.1) is 0 Å². The van der Waals surface area contributed by atoms with Crippen molar-refractivity contribution < 1.29 is 31.2 Å². The van der Waals surface area contributed by atoms with Crippen LogP contribution in [-0.2, 0) is 32.3 Å². The Morgan fingerprint density at radius 2 is 1.65 bits per heavy atom. The van der Waals surface area contributed by atoms with E-state index < -0.39 is 51.7 Å². The standard InChI is InChI=1S/C24H28Cl2F3N3O4S/c1-15(22(34)30-23(2,3)4)31(13-16-9-10-19(25)20(26)11-16)21(33)14-32(37(5,35)36)18-8-6-7-17(12-18)24(27,28)29/h6-12,15H,13-14H2,1-5H3,(H,30,34)/t15-/m0/s1. The normalized spacial score (nSPS) is 13.1. The zero-order valence-electron chi connectivity index (χ0n) is 20.9. The molecule has 0 aliphatic rings. The van der Waals surface area contributed by atoms with Gasteiger partial charge in [0.25, 0.3) is 0 Å². The molecule has 0 aromatic heterocycles. The van der Waals surface area contributed by atoms with E-state index in [-0.39, 0.29) is 22.3 Å². The van der Waals surface area contributed by atoms with E-state index in [1.54, 1.807) is 26.8 Å². The molecule has 204 valence electrons. The molecular formula is C24H28Cl2F3N3O4S. The summed E-state index contributed by atoms with van der Waals surface area (Å²) in [5.74, 6) is -1.32. The van der Waals surface area contributed by atoms with Gasteiger partial charge in [0.1, 0.15) is 12.6 Å². The van der Waals surface area contributed by atoms with Crippen LogP contribution in [0.5, 0.6) is 0 Å². The summed E-state index contributed by atoms with van der Waals surface area (Å²) < 4.78 is 65.4. The first-order valence-electron chi connectivity index (χ1n) is 11.0. The van der Waals surface area contributed by atoms with E-state index in [1.807, 2.05) is 0 Å². The smallest absolute Gasteiger partial charge is 0.350 e. The Labute approximate surface area is 224 Å². The van der Waals surface area contributed by atoms with Gasteiger partial charge in [-0.1, -0.05) is 35.3 Å². The van der Waals surface area contributed by atoms with Gasteiger partial charge >= 0.3 is 6.18 Å². The number of carbonyl (C=O) groups is 2. The molecule has 1 N–H and O–H groups in total. The van der Waals surface area contributed by atoms with Gasteiger partial charge < -0.3 is 10.2 Å². The lowest BCUT2D eigenvalue weighted by atomic mass is 10.1. The average molecular weight is 582 g/mol. The molecule has 0 unspecified atom stereocenters. The van der Waals surface area contributed by atoms with Crippen LogP contribution in [0.3, 0.4) is 0 Å². The van der Waals surface area contributed by atoms with E-state index >= 15 is 0 Å². The Morgan fingerprint density at radius 3 is 2.16 bits per heavy atom. The third-order valence-electron chi connectivity index (χ3n) is 5.14. The molecule has 0 saturated heterocycles. The fraction of sp³-hybridized carbons (Fsp3) is 0.417.